The molecule has 15 unspecified atom stereocenters. The number of esters is 1. The van der Waals surface area contributed by atoms with Gasteiger partial charge in [-0.15, -0.1) is 0 Å². The second-order valence-corrected chi connectivity index (χ2v) is 25.2. The average molecular weight is 1370 g/mol. The summed E-state index contributed by atoms with van der Waals surface area (Å²) >= 11 is 0. The second-order valence-electron chi connectivity index (χ2n) is 25.2. The predicted octanol–water partition coefficient (Wildman–Crippen LogP) is -0.216. The number of hydrogen-bond acceptors (Lipinski definition) is 27. The number of aliphatic hydroxyl groups is 9. The number of carboxylic acids is 1. The number of hydrogen-bond donors (Lipinski definition) is 12. The van der Waals surface area contributed by atoms with E-state index in [0.29, 0.717) is 28.4 Å². The molecule has 5 aliphatic rings. The van der Waals surface area contributed by atoms with E-state index in [2.05, 4.69) is 10.6 Å². The Bertz CT molecular complexity index is 3580. The summed E-state index contributed by atoms with van der Waals surface area (Å²) in [5.41, 5.74) is -0.660. The normalized spacial score (nSPS) is 34.2. The van der Waals surface area contributed by atoms with Gasteiger partial charge in [-0.1, -0.05) is 74.9 Å². The van der Waals surface area contributed by atoms with Gasteiger partial charge in [0.05, 0.1) is 73.6 Å². The van der Waals surface area contributed by atoms with Crippen LogP contribution in [0.1, 0.15) is 80.8 Å². The minimum absolute atomic E-state index is 0.0406. The van der Waals surface area contributed by atoms with Gasteiger partial charge in [-0.25, -0.2) is 19.2 Å². The van der Waals surface area contributed by atoms with Gasteiger partial charge in [0.1, 0.15) is 78.3 Å². The van der Waals surface area contributed by atoms with Gasteiger partial charge in [-0.2, -0.15) is 0 Å². The number of aliphatic hydroxyl groups excluding tert-OH is 9. The van der Waals surface area contributed by atoms with Crippen LogP contribution in [0.15, 0.2) is 109 Å². The van der Waals surface area contributed by atoms with E-state index in [-0.39, 0.29) is 61.9 Å². The highest BCUT2D eigenvalue weighted by Gasteiger charge is 2.55. The molecular weight excluding hydrogens is 1280 g/mol. The van der Waals surface area contributed by atoms with Crippen LogP contribution < -0.4 is 21.9 Å². The van der Waals surface area contributed by atoms with Gasteiger partial charge in [0, 0.05) is 35.7 Å². The summed E-state index contributed by atoms with van der Waals surface area (Å²) in [6, 6.07) is 24.2. The Balaban J connectivity index is 0.847. The fourth-order valence-corrected chi connectivity index (χ4v) is 13.1. The second kappa shape index (κ2) is 32.9. The molecule has 30 nitrogen and oxygen atoms in total. The summed E-state index contributed by atoms with van der Waals surface area (Å²) in [5, 5.41) is 117. The number of rotatable bonds is 26. The zero-order valence-electron chi connectivity index (χ0n) is 53.3. The molecule has 3 aromatic carbocycles. The maximum Gasteiger partial charge on any atom is 0.341 e. The van der Waals surface area contributed by atoms with E-state index in [4.69, 9.17) is 56.2 Å². The number of aliphatic carboxylic acids is 1. The molecule has 30 heteroatoms. The van der Waals surface area contributed by atoms with Gasteiger partial charge >= 0.3 is 23.2 Å². The number of carbonyl (C=O) groups is 4. The summed E-state index contributed by atoms with van der Waals surface area (Å²) < 4.78 is 72.1. The van der Waals surface area contributed by atoms with Crippen LogP contribution in [-0.4, -0.2) is 230 Å². The molecule has 24 atom stereocenters. The third-order valence-electron chi connectivity index (χ3n) is 18.4. The third-order valence-corrected chi connectivity index (χ3v) is 18.4. The number of amides is 2. The van der Waals surface area contributed by atoms with Crippen LogP contribution in [0, 0.1) is 17.8 Å². The molecule has 5 fully saturated rings. The number of carbonyl (C=O) groups excluding carboxylic acids is 3. The van der Waals surface area contributed by atoms with Crippen LogP contribution in [0.2, 0.25) is 0 Å². The van der Waals surface area contributed by atoms with E-state index in [1.165, 1.54) is 25.1 Å². The van der Waals surface area contributed by atoms with E-state index >= 15 is 0 Å². The lowest BCUT2D eigenvalue weighted by Gasteiger charge is -2.48. The lowest BCUT2D eigenvalue weighted by atomic mass is 9.77. The maximum absolute atomic E-state index is 14.4. The largest absolute Gasteiger partial charge is 0.479 e. The summed E-state index contributed by atoms with van der Waals surface area (Å²) in [7, 11) is 0. The molecule has 0 bridgehead atoms. The molecule has 2 aliphatic carbocycles. The molecule has 2 aromatic heterocycles. The number of para-hydroxylation sites is 2. The Labute approximate surface area is 554 Å². The van der Waals surface area contributed by atoms with Crippen LogP contribution in [0.25, 0.3) is 21.9 Å². The van der Waals surface area contributed by atoms with E-state index in [0.717, 1.165) is 0 Å². The third kappa shape index (κ3) is 17.1. The molecule has 5 heterocycles. The first-order valence-electron chi connectivity index (χ1n) is 32.4. The molecular formula is C67H84N2O28. The van der Waals surface area contributed by atoms with Gasteiger partial charge in [-0.05, 0) is 81.3 Å². The van der Waals surface area contributed by atoms with Crippen molar-refractivity contribution >= 4 is 45.7 Å². The molecule has 97 heavy (non-hydrogen) atoms. The van der Waals surface area contributed by atoms with Crippen LogP contribution in [-0.2, 0) is 75.0 Å². The highest BCUT2D eigenvalue weighted by molar-refractivity contribution is 5.89. The molecule has 2 amide bonds. The first-order chi connectivity index (χ1) is 46.5. The molecule has 530 valence electrons. The molecule has 2 saturated carbocycles. The molecule has 10 rings (SSSR count). The Kier molecular flexibility index (Phi) is 24.8. The Morgan fingerprint density at radius 3 is 1.67 bits per heavy atom. The minimum atomic E-state index is -1.83. The van der Waals surface area contributed by atoms with Crippen molar-refractivity contribution in [2.75, 3.05) is 26.3 Å². The average Bonchev–Trinajstić information content (AvgIpc) is 0.786. The van der Waals surface area contributed by atoms with Gasteiger partial charge in [0.15, 0.2) is 31.1 Å². The van der Waals surface area contributed by atoms with Crippen molar-refractivity contribution in [1.29, 1.82) is 0 Å². The van der Waals surface area contributed by atoms with Crippen molar-refractivity contribution in [3.8, 4) is 0 Å². The highest BCUT2D eigenvalue weighted by Crippen LogP contribution is 2.40. The highest BCUT2D eigenvalue weighted by atomic mass is 16.8. The van der Waals surface area contributed by atoms with Crippen LogP contribution >= 0.6 is 0 Å². The minimum Gasteiger partial charge on any atom is -0.479 e. The Morgan fingerprint density at radius 1 is 0.546 bits per heavy atom. The molecule has 0 spiro atoms. The first kappa shape index (κ1) is 73.0. The maximum atomic E-state index is 14.4. The zero-order chi connectivity index (χ0) is 69.4. The van der Waals surface area contributed by atoms with Gasteiger partial charge in [0.25, 0.3) is 0 Å². The van der Waals surface area contributed by atoms with Crippen molar-refractivity contribution in [2.45, 2.75) is 201 Å². The topological polar surface area (TPSA) is 447 Å². The number of benzene rings is 3. The van der Waals surface area contributed by atoms with E-state index in [1.807, 2.05) is 0 Å². The molecule has 3 aliphatic heterocycles. The molecule has 3 saturated heterocycles. The van der Waals surface area contributed by atoms with E-state index < -0.39 is 208 Å². The van der Waals surface area contributed by atoms with Crippen molar-refractivity contribution in [1.82, 2.24) is 10.6 Å². The first-order valence-corrected chi connectivity index (χ1v) is 32.4. The monoisotopic (exact) mass is 1360 g/mol. The smallest absolute Gasteiger partial charge is 0.341 e. The number of carboxylic acid groups (broad SMARTS) is 1. The predicted molar refractivity (Wildman–Crippen MR) is 332 cm³/mol. The number of fused-ring (bicyclic) bond motifs is 2. The molecule has 12 N–H and O–H groups in total. The van der Waals surface area contributed by atoms with Crippen LogP contribution in [0.3, 0.4) is 0 Å². The molecule has 5 aromatic rings. The molecule has 0 radical (unpaired) electrons. The Hall–Kier alpha value is -6.76. The van der Waals surface area contributed by atoms with Crippen molar-refractivity contribution < 1.29 is 126 Å². The fourth-order valence-electron chi connectivity index (χ4n) is 13.1. The summed E-state index contributed by atoms with van der Waals surface area (Å²) in [6.45, 7) is 1.96. The fraction of sp³-hybridized carbons (Fsp3) is 0.582. The number of nitrogens with one attached hydrogen (secondary N) is 2. The Morgan fingerprint density at radius 2 is 1.07 bits per heavy atom. The van der Waals surface area contributed by atoms with Gasteiger partial charge in [-0.3, -0.25) is 9.59 Å². The standard InChI is InChI=1S/C67H84N2O28/c1-4-12-42(61(81)82)89-57-51(75)47(28-71)95-67(58(57)96-62(83)33-13-6-5-7-14-33)93-45-26-36(21-31(2)55(45)97-65-53(77)52(76)48(72)32(3)88-65)59(79)68-19-20-69-60(80)37-24-43(86-29-38-22-34-15-8-10-17-40(34)90-63(38)84)49(73)44(25-37)92-66-54(78)56(50(74)46(27-70)94-66)87-30-39-23-35-16-9-11-18-41(35)91-64(39)85/h5-11,13-18,22-23,31-32,36-37,42-58,65-67,70-78H,4,12,19-21,24-30H2,1-3H3,(H,68,79)(H,69,80)(H,81,82)/t31?,32?,36?,37?,42-,43?,44+,45+,46?,47?,48+,49?,50-,51-,52?,53?,54?,55?,56?,57?,58?,65-,66+,67+/m0/s1. The van der Waals surface area contributed by atoms with Crippen molar-refractivity contribution in [2.24, 2.45) is 17.8 Å². The van der Waals surface area contributed by atoms with Crippen molar-refractivity contribution in [3.05, 3.63) is 129 Å². The zero-order valence-corrected chi connectivity index (χ0v) is 53.3. The van der Waals surface area contributed by atoms with Crippen LogP contribution in [0.4, 0.5) is 0 Å². The summed E-state index contributed by atoms with van der Waals surface area (Å²) in [6.07, 6.45) is -32.9. The van der Waals surface area contributed by atoms with Crippen LogP contribution in [0.5, 0.6) is 0 Å². The number of ether oxygens (including phenoxy) is 10. The van der Waals surface area contributed by atoms with E-state index in [9.17, 15) is 79.8 Å². The van der Waals surface area contributed by atoms with Gasteiger partial charge in [0.2, 0.25) is 11.8 Å². The van der Waals surface area contributed by atoms with Crippen molar-refractivity contribution in [3.63, 3.8) is 0 Å². The lowest BCUT2D eigenvalue weighted by Crippen LogP contribution is -2.64. The summed E-state index contributed by atoms with van der Waals surface area (Å²) in [5.74, 6) is -6.19. The van der Waals surface area contributed by atoms with Gasteiger partial charge < -0.3 is 118 Å². The summed E-state index contributed by atoms with van der Waals surface area (Å²) in [4.78, 5) is 81.2. The van der Waals surface area contributed by atoms with E-state index in [1.54, 1.807) is 86.6 Å². The quantitative estimate of drug-likeness (QED) is 0.0193. The lowest BCUT2D eigenvalue weighted by molar-refractivity contribution is -0.349. The SMILES string of the molecule is CCC[C@H](OC1C(OC(=O)c2ccccc2)[C@H](O[C@@H]2CC(C(=O)NCCNC(=O)C3CC(OCc4cc5ccccc5oc4=O)C(O)[C@H](O[C@@H]4OC(CO)[C@H](O)C(OCc5cc6ccccc6oc5=O)C4O)C3)CC(C)C2O[C@@H]2OC(C)[C@@H](O)C(O)C2O)OC(CO)[C@@H]1O)C(=O)O.